The van der Waals surface area contributed by atoms with E-state index in [1.54, 1.807) is 25.3 Å². The van der Waals surface area contributed by atoms with Crippen LogP contribution in [0.3, 0.4) is 0 Å². The molecule has 0 aliphatic heterocycles. The summed E-state index contributed by atoms with van der Waals surface area (Å²) in [6.07, 6.45) is 1.55. The van der Waals surface area contributed by atoms with Gasteiger partial charge in [-0.3, -0.25) is 9.36 Å². The Morgan fingerprint density at radius 1 is 1.07 bits per heavy atom. The number of hydrogen-bond donors (Lipinski definition) is 0. The van der Waals surface area contributed by atoms with Crippen LogP contribution in [0.4, 0.5) is 8.78 Å². The van der Waals surface area contributed by atoms with Crippen molar-refractivity contribution in [2.45, 2.75) is 23.9 Å². The minimum Gasteiger partial charge on any atom is -0.461 e. The average Bonchev–Trinajstić information content (AvgIpc) is 3.41. The van der Waals surface area contributed by atoms with Crippen molar-refractivity contribution in [1.82, 2.24) is 14.8 Å². The minimum absolute atomic E-state index is 0.106. The molecule has 2 aromatic heterocycles. The first-order chi connectivity index (χ1) is 14.5. The number of ketones is 1. The van der Waals surface area contributed by atoms with Gasteiger partial charge in [-0.05, 0) is 42.8 Å². The smallest absolute Gasteiger partial charge is 0.200 e. The Bertz CT molecular complexity index is 1160. The number of aromatic nitrogens is 3. The molecule has 0 aliphatic rings. The van der Waals surface area contributed by atoms with Crippen LogP contribution in [0.15, 0.2) is 76.5 Å². The van der Waals surface area contributed by atoms with Gasteiger partial charge < -0.3 is 4.42 Å². The van der Waals surface area contributed by atoms with Gasteiger partial charge in [-0.15, -0.1) is 10.2 Å². The third-order valence-electron chi connectivity index (χ3n) is 4.50. The topological polar surface area (TPSA) is 60.9 Å². The van der Waals surface area contributed by atoms with Gasteiger partial charge in [0.2, 0.25) is 5.82 Å². The second-order valence-corrected chi connectivity index (χ2v) is 7.92. The summed E-state index contributed by atoms with van der Waals surface area (Å²) in [7, 11) is 0. The lowest BCUT2D eigenvalue weighted by Gasteiger charge is -2.13. The largest absolute Gasteiger partial charge is 0.461 e. The quantitative estimate of drug-likeness (QED) is 0.300. The number of carbonyl (C=O) groups is 1. The Hall–Kier alpha value is -3.26. The number of benzene rings is 2. The van der Waals surface area contributed by atoms with Gasteiger partial charge in [0, 0.05) is 5.56 Å². The lowest BCUT2D eigenvalue weighted by Crippen LogP contribution is -2.15. The molecule has 0 saturated heterocycles. The molecule has 0 aliphatic carbocycles. The van der Waals surface area contributed by atoms with E-state index < -0.39 is 16.9 Å². The fourth-order valence-electron chi connectivity index (χ4n) is 2.97. The SMILES string of the molecule is CC(Sc1nnc(-c2ccco2)n1Cc1ccccc1)C(=O)c1ccc(F)c(F)c1. The number of furan rings is 1. The first kappa shape index (κ1) is 20.0. The highest BCUT2D eigenvalue weighted by molar-refractivity contribution is 8.00. The lowest BCUT2D eigenvalue weighted by atomic mass is 10.1. The Labute approximate surface area is 175 Å². The van der Waals surface area contributed by atoms with Crippen molar-refractivity contribution in [3.05, 3.63) is 89.7 Å². The highest BCUT2D eigenvalue weighted by Gasteiger charge is 2.23. The molecule has 1 atom stereocenters. The van der Waals surface area contributed by atoms with Gasteiger partial charge in [0.25, 0.3) is 0 Å². The maximum atomic E-state index is 13.5. The summed E-state index contributed by atoms with van der Waals surface area (Å²) in [6.45, 7) is 2.18. The van der Waals surface area contributed by atoms with Gasteiger partial charge in [-0.2, -0.15) is 0 Å². The number of carbonyl (C=O) groups excluding carboxylic acids is 1. The van der Waals surface area contributed by atoms with Gasteiger partial charge in [0.15, 0.2) is 28.3 Å². The molecule has 30 heavy (non-hydrogen) atoms. The van der Waals surface area contributed by atoms with Gasteiger partial charge >= 0.3 is 0 Å². The first-order valence-electron chi connectivity index (χ1n) is 9.20. The van der Waals surface area contributed by atoms with E-state index in [0.29, 0.717) is 23.3 Å². The minimum atomic E-state index is -1.05. The molecule has 4 rings (SSSR count). The molecule has 4 aromatic rings. The van der Waals surface area contributed by atoms with E-state index in [1.165, 1.54) is 17.8 Å². The number of nitrogens with zero attached hydrogens (tertiary/aromatic N) is 3. The first-order valence-corrected chi connectivity index (χ1v) is 10.1. The predicted octanol–water partition coefficient (Wildman–Crippen LogP) is 5.23. The van der Waals surface area contributed by atoms with Crippen LogP contribution in [-0.4, -0.2) is 25.8 Å². The molecule has 0 fully saturated rings. The van der Waals surface area contributed by atoms with Gasteiger partial charge in [-0.25, -0.2) is 8.78 Å². The van der Waals surface area contributed by atoms with Gasteiger partial charge in [0.1, 0.15) is 0 Å². The van der Waals surface area contributed by atoms with Crippen LogP contribution in [0, 0.1) is 11.6 Å². The van der Waals surface area contributed by atoms with Crippen LogP contribution in [0.2, 0.25) is 0 Å². The van der Waals surface area contributed by atoms with Crippen molar-refractivity contribution >= 4 is 17.5 Å². The fourth-order valence-corrected chi connectivity index (χ4v) is 3.89. The van der Waals surface area contributed by atoms with E-state index in [-0.39, 0.29) is 11.3 Å². The van der Waals surface area contributed by atoms with E-state index in [2.05, 4.69) is 10.2 Å². The van der Waals surface area contributed by atoms with Crippen molar-refractivity contribution in [3.8, 4) is 11.6 Å². The van der Waals surface area contributed by atoms with Gasteiger partial charge in [-0.1, -0.05) is 42.1 Å². The van der Waals surface area contributed by atoms with Crippen LogP contribution in [0.25, 0.3) is 11.6 Å². The van der Waals surface area contributed by atoms with Crippen molar-refractivity contribution in [2.75, 3.05) is 0 Å². The standard InChI is InChI=1S/C22H17F2N3O2S/c1-14(20(28)16-9-10-17(23)18(24)12-16)30-22-26-25-21(19-8-5-11-29-19)27(22)13-15-6-3-2-4-7-15/h2-12,14H,13H2,1H3. The summed E-state index contributed by atoms with van der Waals surface area (Å²) in [4.78, 5) is 12.7. The molecule has 2 heterocycles. The summed E-state index contributed by atoms with van der Waals surface area (Å²) in [5.74, 6) is -1.26. The molecule has 0 amide bonds. The van der Waals surface area contributed by atoms with Crippen molar-refractivity contribution in [2.24, 2.45) is 0 Å². The van der Waals surface area contributed by atoms with Crippen molar-refractivity contribution in [3.63, 3.8) is 0 Å². The number of thioether (sulfide) groups is 1. The number of Topliss-reactive ketones (excluding diaryl/α,β-unsaturated/α-hetero) is 1. The molecule has 0 spiro atoms. The van der Waals surface area contributed by atoms with Crippen molar-refractivity contribution in [1.29, 1.82) is 0 Å². The molecule has 2 aromatic carbocycles. The molecular formula is C22H17F2N3O2S. The number of halogens is 2. The third kappa shape index (κ3) is 4.18. The zero-order valence-electron chi connectivity index (χ0n) is 16.0. The molecule has 152 valence electrons. The fraction of sp³-hybridized carbons (Fsp3) is 0.136. The predicted molar refractivity (Wildman–Crippen MR) is 109 cm³/mol. The van der Waals surface area contributed by atoms with Gasteiger partial charge in [0.05, 0.1) is 18.1 Å². The highest BCUT2D eigenvalue weighted by atomic mass is 32.2. The second kappa shape index (κ2) is 8.62. The Morgan fingerprint density at radius 3 is 2.57 bits per heavy atom. The van der Waals surface area contributed by atoms with E-state index in [4.69, 9.17) is 4.42 Å². The Morgan fingerprint density at radius 2 is 1.87 bits per heavy atom. The summed E-state index contributed by atoms with van der Waals surface area (Å²) in [6, 6.07) is 16.5. The normalized spacial score (nSPS) is 12.1. The summed E-state index contributed by atoms with van der Waals surface area (Å²) in [5, 5.41) is 8.43. The highest BCUT2D eigenvalue weighted by Crippen LogP contribution is 2.29. The molecule has 0 bridgehead atoms. The summed E-state index contributed by atoms with van der Waals surface area (Å²) in [5.41, 5.74) is 1.14. The molecular weight excluding hydrogens is 408 g/mol. The van der Waals surface area contributed by atoms with Crippen LogP contribution >= 0.6 is 11.8 Å². The Balaban J connectivity index is 1.63. The molecule has 0 N–H and O–H groups in total. The molecule has 5 nitrogen and oxygen atoms in total. The van der Waals surface area contributed by atoms with Crippen molar-refractivity contribution < 1.29 is 18.0 Å². The molecule has 0 radical (unpaired) electrons. The van der Waals surface area contributed by atoms with Crippen LogP contribution in [-0.2, 0) is 6.54 Å². The van der Waals surface area contributed by atoms with Crippen LogP contribution in [0.1, 0.15) is 22.8 Å². The number of hydrogen-bond acceptors (Lipinski definition) is 5. The molecule has 8 heteroatoms. The maximum Gasteiger partial charge on any atom is 0.200 e. The van der Waals surface area contributed by atoms with Crippen LogP contribution < -0.4 is 0 Å². The average molecular weight is 425 g/mol. The number of rotatable bonds is 7. The summed E-state index contributed by atoms with van der Waals surface area (Å²) >= 11 is 1.20. The molecule has 1 unspecified atom stereocenters. The zero-order valence-corrected chi connectivity index (χ0v) is 16.8. The van der Waals surface area contributed by atoms with E-state index in [0.717, 1.165) is 17.7 Å². The third-order valence-corrected chi connectivity index (χ3v) is 5.58. The monoisotopic (exact) mass is 425 g/mol. The van der Waals surface area contributed by atoms with Crippen LogP contribution in [0.5, 0.6) is 0 Å². The van der Waals surface area contributed by atoms with E-state index >= 15 is 0 Å². The zero-order chi connectivity index (χ0) is 21.1. The molecule has 0 saturated carbocycles. The van der Waals surface area contributed by atoms with E-state index in [1.807, 2.05) is 34.9 Å². The maximum absolute atomic E-state index is 13.5. The lowest BCUT2D eigenvalue weighted by molar-refractivity contribution is 0.0993. The summed E-state index contributed by atoms with van der Waals surface area (Å²) < 4.78 is 34.1. The second-order valence-electron chi connectivity index (χ2n) is 6.61. The van der Waals surface area contributed by atoms with E-state index in [9.17, 15) is 13.6 Å². The Kier molecular flexibility index (Phi) is 5.76.